The highest BCUT2D eigenvalue weighted by atomic mass is 19.4. The van der Waals surface area contributed by atoms with Crippen LogP contribution in [0.5, 0.6) is 5.75 Å². The summed E-state index contributed by atoms with van der Waals surface area (Å²) in [7, 11) is 0. The fourth-order valence-electron chi connectivity index (χ4n) is 3.00. The zero-order valence-electron chi connectivity index (χ0n) is 19.5. The second-order valence-corrected chi connectivity index (χ2v) is 8.25. The summed E-state index contributed by atoms with van der Waals surface area (Å²) in [5.41, 5.74) is -0.0477. The molecule has 0 aliphatic carbocycles. The number of amides is 1. The zero-order valence-corrected chi connectivity index (χ0v) is 19.5. The molecule has 9 nitrogen and oxygen atoms in total. The van der Waals surface area contributed by atoms with E-state index in [1.54, 1.807) is 24.3 Å². The Balaban J connectivity index is 1.59. The van der Waals surface area contributed by atoms with Crippen LogP contribution < -0.4 is 4.74 Å². The van der Waals surface area contributed by atoms with Crippen molar-refractivity contribution in [2.75, 3.05) is 13.2 Å². The Morgan fingerprint density at radius 3 is 2.50 bits per heavy atom. The lowest BCUT2D eigenvalue weighted by Gasteiger charge is -2.21. The first-order valence-corrected chi connectivity index (χ1v) is 10.9. The smallest absolute Gasteiger partial charge is 0.416 e. The molecule has 0 spiro atoms. The summed E-state index contributed by atoms with van der Waals surface area (Å²) in [4.78, 5) is 28.5. The van der Waals surface area contributed by atoms with Crippen molar-refractivity contribution in [2.45, 2.75) is 33.2 Å². The van der Waals surface area contributed by atoms with E-state index in [0.29, 0.717) is 11.3 Å². The third-order valence-corrected chi connectivity index (χ3v) is 4.69. The van der Waals surface area contributed by atoms with Crippen molar-refractivity contribution < 1.29 is 41.9 Å². The van der Waals surface area contributed by atoms with Gasteiger partial charge in [0.15, 0.2) is 6.61 Å². The van der Waals surface area contributed by atoms with Gasteiger partial charge in [0.1, 0.15) is 12.3 Å². The lowest BCUT2D eigenvalue weighted by molar-refractivity contribution is -0.138. The lowest BCUT2D eigenvalue weighted by Crippen LogP contribution is -2.36. The zero-order chi connectivity index (χ0) is 26.3. The van der Waals surface area contributed by atoms with Gasteiger partial charge in [-0.2, -0.15) is 18.2 Å². The largest absolute Gasteiger partial charge is 0.485 e. The van der Waals surface area contributed by atoms with E-state index >= 15 is 0 Å². The Morgan fingerprint density at radius 2 is 1.86 bits per heavy atom. The normalized spacial score (nSPS) is 11.4. The Hall–Kier alpha value is -4.09. The standard InChI is InChI=1S/C24H24F3N3O6/c1-15(2)13-35-23(33)30(12-21(31)32)11-16-6-8-19(9-7-16)34-14-20-28-22(36-29-20)17-4-3-5-18(10-17)24(25,26)27/h3-10,15H,11-14H2,1-2H3,(H,31,32). The number of carbonyl (C=O) groups excluding carboxylic acids is 1. The number of alkyl halides is 3. The van der Waals surface area contributed by atoms with E-state index in [2.05, 4.69) is 10.1 Å². The number of nitrogens with zero attached hydrogens (tertiary/aromatic N) is 3. The highest BCUT2D eigenvalue weighted by Crippen LogP contribution is 2.31. The molecule has 0 saturated carbocycles. The number of hydrogen-bond donors (Lipinski definition) is 1. The molecule has 1 amide bonds. The molecule has 0 bridgehead atoms. The van der Waals surface area contributed by atoms with Gasteiger partial charge < -0.3 is 19.1 Å². The topological polar surface area (TPSA) is 115 Å². The van der Waals surface area contributed by atoms with Gasteiger partial charge in [-0.3, -0.25) is 9.69 Å². The van der Waals surface area contributed by atoms with Gasteiger partial charge in [-0.25, -0.2) is 4.79 Å². The van der Waals surface area contributed by atoms with Gasteiger partial charge in [0.05, 0.1) is 12.2 Å². The van der Waals surface area contributed by atoms with E-state index < -0.39 is 30.3 Å². The molecule has 0 aliphatic heterocycles. The van der Waals surface area contributed by atoms with Gasteiger partial charge in [0.25, 0.3) is 5.89 Å². The fraction of sp³-hybridized carbons (Fsp3) is 0.333. The van der Waals surface area contributed by atoms with Crippen LogP contribution in [0.3, 0.4) is 0 Å². The molecule has 12 heteroatoms. The number of carboxylic acid groups (broad SMARTS) is 1. The van der Waals surface area contributed by atoms with Gasteiger partial charge in [-0.1, -0.05) is 37.2 Å². The predicted molar refractivity (Wildman–Crippen MR) is 120 cm³/mol. The van der Waals surface area contributed by atoms with E-state index in [1.165, 1.54) is 12.1 Å². The molecule has 0 radical (unpaired) electrons. The number of aliphatic carboxylic acids is 1. The van der Waals surface area contributed by atoms with Gasteiger partial charge in [0.2, 0.25) is 5.82 Å². The van der Waals surface area contributed by atoms with Crippen LogP contribution in [0.4, 0.5) is 18.0 Å². The van der Waals surface area contributed by atoms with Crippen LogP contribution in [-0.2, 0) is 28.9 Å². The highest BCUT2D eigenvalue weighted by Gasteiger charge is 2.31. The first-order chi connectivity index (χ1) is 17.0. The number of carbonyl (C=O) groups is 2. The van der Waals surface area contributed by atoms with Crippen molar-refractivity contribution in [3.63, 3.8) is 0 Å². The number of benzene rings is 2. The van der Waals surface area contributed by atoms with Crippen molar-refractivity contribution in [1.29, 1.82) is 0 Å². The average molecular weight is 507 g/mol. The summed E-state index contributed by atoms with van der Waals surface area (Å²) >= 11 is 0. The van der Waals surface area contributed by atoms with E-state index in [9.17, 15) is 22.8 Å². The molecule has 0 aliphatic rings. The number of rotatable bonds is 10. The molecule has 1 aromatic heterocycles. The van der Waals surface area contributed by atoms with E-state index in [1.807, 2.05) is 13.8 Å². The molecule has 0 unspecified atom stereocenters. The monoisotopic (exact) mass is 507 g/mol. The minimum Gasteiger partial charge on any atom is -0.485 e. The maximum absolute atomic E-state index is 12.9. The molecule has 3 rings (SSSR count). The Labute approximate surface area is 204 Å². The fourth-order valence-corrected chi connectivity index (χ4v) is 3.00. The summed E-state index contributed by atoms with van der Waals surface area (Å²) in [5, 5.41) is 12.8. The Kier molecular flexibility index (Phi) is 8.51. The lowest BCUT2D eigenvalue weighted by atomic mass is 10.1. The molecule has 0 atom stereocenters. The van der Waals surface area contributed by atoms with Crippen molar-refractivity contribution in [3.05, 3.63) is 65.5 Å². The molecule has 1 N–H and O–H groups in total. The van der Waals surface area contributed by atoms with Gasteiger partial charge in [0, 0.05) is 12.1 Å². The summed E-state index contributed by atoms with van der Waals surface area (Å²) < 4.78 is 54.5. The number of ether oxygens (including phenoxy) is 2. The molecule has 36 heavy (non-hydrogen) atoms. The molecule has 1 heterocycles. The van der Waals surface area contributed by atoms with Crippen molar-refractivity contribution >= 4 is 12.1 Å². The Bertz CT molecular complexity index is 1180. The van der Waals surface area contributed by atoms with Crippen LogP contribution in [0.15, 0.2) is 53.1 Å². The first-order valence-electron chi connectivity index (χ1n) is 10.9. The van der Waals surface area contributed by atoms with Crippen LogP contribution in [0, 0.1) is 5.92 Å². The van der Waals surface area contributed by atoms with Crippen molar-refractivity contribution in [2.24, 2.45) is 5.92 Å². The third kappa shape index (κ3) is 7.72. The quantitative estimate of drug-likeness (QED) is 0.407. The molecule has 2 aromatic carbocycles. The second-order valence-electron chi connectivity index (χ2n) is 8.25. The van der Waals surface area contributed by atoms with Gasteiger partial charge in [-0.15, -0.1) is 0 Å². The molecule has 0 saturated heterocycles. The molecular formula is C24H24F3N3O6. The number of aromatic nitrogens is 2. The van der Waals surface area contributed by atoms with Crippen molar-refractivity contribution in [1.82, 2.24) is 15.0 Å². The maximum atomic E-state index is 12.9. The van der Waals surface area contributed by atoms with Gasteiger partial charge in [-0.05, 0) is 41.8 Å². The highest BCUT2D eigenvalue weighted by molar-refractivity contribution is 5.76. The summed E-state index contributed by atoms with van der Waals surface area (Å²) in [6.45, 7) is 3.32. The molecule has 192 valence electrons. The molecule has 3 aromatic rings. The predicted octanol–water partition coefficient (Wildman–Crippen LogP) is 5.01. The van der Waals surface area contributed by atoms with E-state index in [0.717, 1.165) is 17.0 Å². The summed E-state index contributed by atoms with van der Waals surface area (Å²) in [6.07, 6.45) is -5.21. The molecule has 0 fully saturated rings. The van der Waals surface area contributed by atoms with E-state index in [4.69, 9.17) is 19.1 Å². The van der Waals surface area contributed by atoms with Crippen LogP contribution in [0.1, 0.15) is 30.8 Å². The SMILES string of the molecule is CC(C)COC(=O)N(CC(=O)O)Cc1ccc(OCc2noc(-c3cccc(C(F)(F)F)c3)n2)cc1. The first kappa shape index (κ1) is 26.5. The maximum Gasteiger partial charge on any atom is 0.416 e. The van der Waals surface area contributed by atoms with Crippen LogP contribution in [0.2, 0.25) is 0 Å². The minimum absolute atomic E-state index is 0.0225. The van der Waals surface area contributed by atoms with Crippen LogP contribution in [0.25, 0.3) is 11.5 Å². The van der Waals surface area contributed by atoms with Crippen LogP contribution >= 0.6 is 0 Å². The number of halogens is 3. The molecular weight excluding hydrogens is 483 g/mol. The van der Waals surface area contributed by atoms with Crippen molar-refractivity contribution in [3.8, 4) is 17.2 Å². The van der Waals surface area contributed by atoms with Gasteiger partial charge >= 0.3 is 18.2 Å². The average Bonchev–Trinajstić information content (AvgIpc) is 3.30. The summed E-state index contributed by atoms with van der Waals surface area (Å²) in [5.74, 6) is -0.570. The van der Waals surface area contributed by atoms with Crippen LogP contribution in [-0.4, -0.2) is 45.4 Å². The number of hydrogen-bond acceptors (Lipinski definition) is 7. The Morgan fingerprint density at radius 1 is 1.14 bits per heavy atom. The summed E-state index contributed by atoms with van der Waals surface area (Å²) in [6, 6.07) is 11.1. The second kappa shape index (κ2) is 11.6. The number of carboxylic acids is 1. The third-order valence-electron chi connectivity index (χ3n) is 4.69. The minimum atomic E-state index is -4.49. The van der Waals surface area contributed by atoms with E-state index in [-0.39, 0.29) is 43.0 Å².